The highest BCUT2D eigenvalue weighted by Gasteiger charge is 2.15. The van der Waals surface area contributed by atoms with Crippen molar-refractivity contribution in [2.45, 2.75) is 20.0 Å². The smallest absolute Gasteiger partial charge is 0.146 e. The molecule has 20 heavy (non-hydrogen) atoms. The average molecular weight is 289 g/mol. The lowest BCUT2D eigenvalue weighted by atomic mass is 10.1. The monoisotopic (exact) mass is 289 g/mol. The Morgan fingerprint density at radius 3 is 3.10 bits per heavy atom. The van der Waals surface area contributed by atoms with Gasteiger partial charge in [0.1, 0.15) is 12.4 Å². The molecular formula is C15H19N3OS. The van der Waals surface area contributed by atoms with Gasteiger partial charge in [0, 0.05) is 30.6 Å². The van der Waals surface area contributed by atoms with Crippen LogP contribution in [-0.4, -0.2) is 30.1 Å². The summed E-state index contributed by atoms with van der Waals surface area (Å²) in [6.07, 6.45) is 0. The lowest BCUT2D eigenvalue weighted by Crippen LogP contribution is -2.22. The number of hydrogen-bond donors (Lipinski definition) is 1. The predicted molar refractivity (Wildman–Crippen MR) is 82.4 cm³/mol. The summed E-state index contributed by atoms with van der Waals surface area (Å²) in [7, 11) is 2.12. The molecule has 5 heteroatoms. The normalized spacial score (nSPS) is 13.8. The zero-order valence-electron chi connectivity index (χ0n) is 11.8. The van der Waals surface area contributed by atoms with Crippen molar-refractivity contribution < 1.29 is 4.74 Å². The van der Waals surface area contributed by atoms with Crippen LogP contribution in [0.2, 0.25) is 0 Å². The molecule has 4 nitrogen and oxygen atoms in total. The third kappa shape index (κ3) is 2.94. The highest BCUT2D eigenvalue weighted by atomic mass is 32.1. The Balaban J connectivity index is 1.71. The molecule has 1 aromatic heterocycles. The molecule has 0 unspecified atom stereocenters. The van der Waals surface area contributed by atoms with Gasteiger partial charge < -0.3 is 10.1 Å². The summed E-state index contributed by atoms with van der Waals surface area (Å²) in [6.45, 7) is 5.38. The maximum atomic E-state index is 5.81. The minimum Gasteiger partial charge on any atom is -0.489 e. The van der Waals surface area contributed by atoms with Gasteiger partial charge in [0.25, 0.3) is 0 Å². The maximum Gasteiger partial charge on any atom is 0.146 e. The number of benzene rings is 1. The van der Waals surface area contributed by atoms with Crippen LogP contribution in [0, 0.1) is 6.92 Å². The van der Waals surface area contributed by atoms with Crippen LogP contribution in [-0.2, 0) is 13.1 Å². The highest BCUT2D eigenvalue weighted by molar-refractivity contribution is 7.09. The molecule has 1 aromatic carbocycles. The van der Waals surface area contributed by atoms with Crippen LogP contribution in [0.4, 0.5) is 5.69 Å². The van der Waals surface area contributed by atoms with Crippen LogP contribution in [0.15, 0.2) is 23.6 Å². The molecule has 0 radical (unpaired) electrons. The van der Waals surface area contributed by atoms with E-state index in [2.05, 4.69) is 45.8 Å². The van der Waals surface area contributed by atoms with E-state index in [0.717, 1.165) is 48.4 Å². The third-order valence-corrected chi connectivity index (χ3v) is 4.12. The fraction of sp³-hybridized carbons (Fsp3) is 0.400. The van der Waals surface area contributed by atoms with Gasteiger partial charge in [0.2, 0.25) is 0 Å². The summed E-state index contributed by atoms with van der Waals surface area (Å²) < 4.78 is 5.81. The van der Waals surface area contributed by atoms with E-state index >= 15 is 0 Å². The fourth-order valence-corrected chi connectivity index (χ4v) is 3.07. The first-order valence-corrected chi connectivity index (χ1v) is 7.68. The second-order valence-electron chi connectivity index (χ2n) is 5.10. The first kappa shape index (κ1) is 13.4. The Kier molecular flexibility index (Phi) is 3.89. The highest BCUT2D eigenvalue weighted by Crippen LogP contribution is 2.32. The van der Waals surface area contributed by atoms with Crippen molar-refractivity contribution >= 4 is 17.0 Å². The summed E-state index contributed by atoms with van der Waals surface area (Å²) in [5.74, 6) is 1.00. The van der Waals surface area contributed by atoms with Crippen molar-refractivity contribution in [3.05, 3.63) is 39.8 Å². The molecule has 0 atom stereocenters. The molecule has 0 saturated heterocycles. The SMILES string of the molecule is Cc1nc(CN(C)Cc2cccc3c2OCCN3)cs1. The number of aryl methyl sites for hydroxylation is 1. The van der Waals surface area contributed by atoms with E-state index in [-0.39, 0.29) is 0 Å². The molecule has 0 saturated carbocycles. The van der Waals surface area contributed by atoms with Crippen LogP contribution >= 0.6 is 11.3 Å². The summed E-state index contributed by atoms with van der Waals surface area (Å²) in [6, 6.07) is 6.28. The Labute approximate surface area is 123 Å². The summed E-state index contributed by atoms with van der Waals surface area (Å²) in [5.41, 5.74) is 3.47. The molecule has 1 aliphatic heterocycles. The largest absolute Gasteiger partial charge is 0.489 e. The van der Waals surface area contributed by atoms with E-state index in [0.29, 0.717) is 0 Å². The fourth-order valence-electron chi connectivity index (χ4n) is 2.46. The number of aromatic nitrogens is 1. The van der Waals surface area contributed by atoms with Crippen LogP contribution in [0.25, 0.3) is 0 Å². The molecule has 0 amide bonds. The molecule has 0 spiro atoms. The molecule has 1 N–H and O–H groups in total. The van der Waals surface area contributed by atoms with Crippen molar-refractivity contribution in [2.75, 3.05) is 25.5 Å². The number of nitrogens with zero attached hydrogens (tertiary/aromatic N) is 2. The maximum absolute atomic E-state index is 5.81. The predicted octanol–water partition coefficient (Wildman–Crippen LogP) is 2.89. The standard InChI is InChI=1S/C15H19N3OS/c1-11-17-13(10-20-11)9-18(2)8-12-4-3-5-14-15(12)19-7-6-16-14/h3-5,10,16H,6-9H2,1-2H3. The van der Waals surface area contributed by atoms with Crippen LogP contribution in [0.5, 0.6) is 5.75 Å². The molecule has 106 valence electrons. The van der Waals surface area contributed by atoms with Gasteiger partial charge in [-0.1, -0.05) is 12.1 Å². The van der Waals surface area contributed by atoms with Gasteiger partial charge in [-0.2, -0.15) is 0 Å². The van der Waals surface area contributed by atoms with Crippen molar-refractivity contribution in [1.82, 2.24) is 9.88 Å². The van der Waals surface area contributed by atoms with E-state index in [1.165, 1.54) is 5.56 Å². The van der Waals surface area contributed by atoms with Crippen LogP contribution in [0.1, 0.15) is 16.3 Å². The van der Waals surface area contributed by atoms with E-state index in [4.69, 9.17) is 4.74 Å². The van der Waals surface area contributed by atoms with Crippen LogP contribution in [0.3, 0.4) is 0 Å². The minimum atomic E-state index is 0.735. The molecule has 3 rings (SSSR count). The summed E-state index contributed by atoms with van der Waals surface area (Å²) in [5, 5.41) is 6.63. The van der Waals surface area contributed by atoms with Gasteiger partial charge in [0.05, 0.1) is 16.4 Å². The number of thiazole rings is 1. The molecule has 2 aromatic rings. The Bertz CT molecular complexity index is 597. The van der Waals surface area contributed by atoms with Gasteiger partial charge in [-0.3, -0.25) is 4.90 Å². The van der Waals surface area contributed by atoms with E-state index < -0.39 is 0 Å². The van der Waals surface area contributed by atoms with E-state index in [1.54, 1.807) is 11.3 Å². The number of hydrogen-bond acceptors (Lipinski definition) is 5. The Hall–Kier alpha value is -1.59. The number of ether oxygens (including phenoxy) is 1. The number of fused-ring (bicyclic) bond motifs is 1. The molecule has 1 aliphatic rings. The van der Waals surface area contributed by atoms with Gasteiger partial charge in [-0.25, -0.2) is 4.98 Å². The first-order chi connectivity index (χ1) is 9.72. The summed E-state index contributed by atoms with van der Waals surface area (Å²) in [4.78, 5) is 6.78. The molecule has 0 fully saturated rings. The van der Waals surface area contributed by atoms with E-state index in [1.807, 2.05) is 6.92 Å². The molecule has 0 bridgehead atoms. The number of para-hydroxylation sites is 1. The van der Waals surface area contributed by atoms with Gasteiger partial charge in [-0.15, -0.1) is 11.3 Å². The molecule has 0 aliphatic carbocycles. The quantitative estimate of drug-likeness (QED) is 0.939. The second-order valence-corrected chi connectivity index (χ2v) is 6.16. The lowest BCUT2D eigenvalue weighted by Gasteiger charge is -2.24. The molecular weight excluding hydrogens is 270 g/mol. The number of nitrogens with one attached hydrogen (secondary N) is 1. The van der Waals surface area contributed by atoms with E-state index in [9.17, 15) is 0 Å². The van der Waals surface area contributed by atoms with Gasteiger partial charge in [-0.05, 0) is 20.0 Å². The topological polar surface area (TPSA) is 37.4 Å². The van der Waals surface area contributed by atoms with Crippen molar-refractivity contribution in [1.29, 1.82) is 0 Å². The number of rotatable bonds is 4. The Morgan fingerprint density at radius 1 is 1.40 bits per heavy atom. The average Bonchev–Trinajstić information content (AvgIpc) is 2.84. The second kappa shape index (κ2) is 5.81. The van der Waals surface area contributed by atoms with Crippen molar-refractivity contribution in [3.63, 3.8) is 0 Å². The van der Waals surface area contributed by atoms with Gasteiger partial charge in [0.15, 0.2) is 0 Å². The van der Waals surface area contributed by atoms with Gasteiger partial charge >= 0.3 is 0 Å². The minimum absolute atomic E-state index is 0.735. The number of anilines is 1. The van der Waals surface area contributed by atoms with Crippen molar-refractivity contribution in [2.24, 2.45) is 0 Å². The van der Waals surface area contributed by atoms with Crippen LogP contribution < -0.4 is 10.1 Å². The first-order valence-electron chi connectivity index (χ1n) is 6.80. The summed E-state index contributed by atoms with van der Waals surface area (Å²) >= 11 is 1.70. The Morgan fingerprint density at radius 2 is 2.30 bits per heavy atom. The zero-order chi connectivity index (χ0) is 13.9. The zero-order valence-corrected chi connectivity index (χ0v) is 12.7. The lowest BCUT2D eigenvalue weighted by molar-refractivity contribution is 0.289. The van der Waals surface area contributed by atoms with Crippen molar-refractivity contribution in [3.8, 4) is 5.75 Å². The molecule has 2 heterocycles. The third-order valence-electron chi connectivity index (χ3n) is 3.30.